The SMILES string of the molecule is Cc1c(C)c(C)c2c(C)c[n+]([O-])cc2c1C. The smallest absolute Gasteiger partial charge is 0.188 e. The Labute approximate surface area is 96.1 Å². The Hall–Kier alpha value is -1.57. The molecule has 84 valence electrons. The molecule has 0 radical (unpaired) electrons. The molecule has 2 heteroatoms. The number of nitrogens with zero attached hydrogens (tertiary/aromatic N) is 1. The van der Waals surface area contributed by atoms with Gasteiger partial charge in [-0.05, 0) is 56.9 Å². The molecule has 16 heavy (non-hydrogen) atoms. The van der Waals surface area contributed by atoms with Crippen LogP contribution in [0.25, 0.3) is 10.8 Å². The zero-order chi connectivity index (χ0) is 12.0. The molecule has 0 amide bonds. The minimum absolute atomic E-state index is 0.902. The number of rotatable bonds is 0. The molecule has 1 aromatic carbocycles. The van der Waals surface area contributed by atoms with Crippen molar-refractivity contribution in [3.8, 4) is 0 Å². The average Bonchev–Trinajstić information content (AvgIpc) is 2.22. The number of benzene rings is 1. The van der Waals surface area contributed by atoms with Gasteiger partial charge in [-0.3, -0.25) is 0 Å². The van der Waals surface area contributed by atoms with E-state index in [1.54, 1.807) is 12.4 Å². The zero-order valence-electron chi connectivity index (χ0n) is 10.5. The van der Waals surface area contributed by atoms with Gasteiger partial charge in [0.15, 0.2) is 12.4 Å². The fraction of sp³-hybridized carbons (Fsp3) is 0.357. The Balaban J connectivity index is 3.08. The summed E-state index contributed by atoms with van der Waals surface area (Å²) < 4.78 is 0.902. The summed E-state index contributed by atoms with van der Waals surface area (Å²) in [5, 5.41) is 13.8. The summed E-state index contributed by atoms with van der Waals surface area (Å²) in [5.41, 5.74) is 6.17. The van der Waals surface area contributed by atoms with Crippen molar-refractivity contribution < 1.29 is 4.73 Å². The molecule has 0 saturated heterocycles. The second-order valence-corrected chi connectivity index (χ2v) is 4.59. The van der Waals surface area contributed by atoms with Gasteiger partial charge in [0.05, 0.1) is 5.39 Å². The van der Waals surface area contributed by atoms with E-state index in [1.165, 1.54) is 27.6 Å². The molecule has 0 bridgehead atoms. The van der Waals surface area contributed by atoms with E-state index in [1.807, 2.05) is 6.92 Å². The Bertz CT molecular complexity index is 585. The van der Waals surface area contributed by atoms with E-state index in [-0.39, 0.29) is 0 Å². The molecule has 0 aliphatic rings. The first kappa shape index (κ1) is 10.9. The van der Waals surface area contributed by atoms with Gasteiger partial charge in [0.2, 0.25) is 0 Å². The maximum atomic E-state index is 11.5. The van der Waals surface area contributed by atoms with Crippen LogP contribution in [0.4, 0.5) is 0 Å². The molecule has 0 spiro atoms. The normalized spacial score (nSPS) is 11.1. The van der Waals surface area contributed by atoms with Gasteiger partial charge in [0.25, 0.3) is 0 Å². The predicted molar refractivity (Wildman–Crippen MR) is 66.6 cm³/mol. The van der Waals surface area contributed by atoms with Crippen molar-refractivity contribution in [3.63, 3.8) is 0 Å². The molecular formula is C14H17NO. The highest BCUT2D eigenvalue weighted by molar-refractivity contribution is 5.91. The summed E-state index contributed by atoms with van der Waals surface area (Å²) in [6, 6.07) is 0. The second-order valence-electron chi connectivity index (χ2n) is 4.59. The van der Waals surface area contributed by atoms with E-state index in [4.69, 9.17) is 0 Å². The molecule has 1 aromatic heterocycles. The highest BCUT2D eigenvalue weighted by Gasteiger charge is 2.13. The van der Waals surface area contributed by atoms with Crippen LogP contribution in [-0.4, -0.2) is 0 Å². The lowest BCUT2D eigenvalue weighted by atomic mass is 9.91. The minimum Gasteiger partial charge on any atom is -0.619 e. The van der Waals surface area contributed by atoms with Crippen LogP contribution in [0.15, 0.2) is 12.4 Å². The summed E-state index contributed by atoms with van der Waals surface area (Å²) in [6.45, 7) is 10.5. The molecular weight excluding hydrogens is 198 g/mol. The van der Waals surface area contributed by atoms with Crippen molar-refractivity contribution >= 4 is 10.8 Å². The van der Waals surface area contributed by atoms with Gasteiger partial charge in [-0.15, -0.1) is 0 Å². The zero-order valence-corrected chi connectivity index (χ0v) is 10.5. The van der Waals surface area contributed by atoms with Gasteiger partial charge in [-0.25, -0.2) is 0 Å². The van der Waals surface area contributed by atoms with E-state index >= 15 is 0 Å². The van der Waals surface area contributed by atoms with Gasteiger partial charge in [-0.1, -0.05) is 0 Å². The maximum Gasteiger partial charge on any atom is 0.188 e. The van der Waals surface area contributed by atoms with E-state index in [0.717, 1.165) is 15.7 Å². The standard InChI is InChI=1S/C14H17NO/c1-8-6-15(16)7-13-11(4)9(2)10(3)12(5)14(8)13/h6-7H,1-5H3. The number of fused-ring (bicyclic) bond motifs is 1. The van der Waals surface area contributed by atoms with Gasteiger partial charge in [-0.2, -0.15) is 4.73 Å². The summed E-state index contributed by atoms with van der Waals surface area (Å²) >= 11 is 0. The predicted octanol–water partition coefficient (Wildman–Crippen LogP) is 3.02. The molecule has 0 unspecified atom stereocenters. The van der Waals surface area contributed by atoms with Crippen LogP contribution in [0.3, 0.4) is 0 Å². The first-order valence-corrected chi connectivity index (χ1v) is 5.53. The van der Waals surface area contributed by atoms with Crippen LogP contribution >= 0.6 is 0 Å². The van der Waals surface area contributed by atoms with Crippen molar-refractivity contribution in [1.29, 1.82) is 0 Å². The monoisotopic (exact) mass is 215 g/mol. The number of aromatic nitrogens is 1. The average molecular weight is 215 g/mol. The van der Waals surface area contributed by atoms with E-state index in [0.29, 0.717) is 0 Å². The molecule has 0 aliphatic heterocycles. The van der Waals surface area contributed by atoms with E-state index in [9.17, 15) is 5.21 Å². The highest BCUT2D eigenvalue weighted by atomic mass is 16.5. The molecule has 2 rings (SSSR count). The Kier molecular flexibility index (Phi) is 2.38. The third kappa shape index (κ3) is 1.37. The first-order valence-electron chi connectivity index (χ1n) is 5.53. The lowest BCUT2D eigenvalue weighted by molar-refractivity contribution is -0.604. The highest BCUT2D eigenvalue weighted by Crippen LogP contribution is 2.29. The summed E-state index contributed by atoms with van der Waals surface area (Å²) in [7, 11) is 0. The van der Waals surface area contributed by atoms with E-state index in [2.05, 4.69) is 27.7 Å². The Morgan fingerprint density at radius 1 is 0.812 bits per heavy atom. The number of hydrogen-bond acceptors (Lipinski definition) is 1. The van der Waals surface area contributed by atoms with Crippen LogP contribution in [0, 0.1) is 39.8 Å². The molecule has 0 aliphatic carbocycles. The van der Waals surface area contributed by atoms with Gasteiger partial charge < -0.3 is 5.21 Å². The van der Waals surface area contributed by atoms with Crippen LogP contribution < -0.4 is 4.73 Å². The molecule has 2 aromatic rings. The largest absolute Gasteiger partial charge is 0.619 e. The van der Waals surface area contributed by atoms with Gasteiger partial charge in [0, 0.05) is 10.9 Å². The van der Waals surface area contributed by atoms with Crippen molar-refractivity contribution in [1.82, 2.24) is 0 Å². The van der Waals surface area contributed by atoms with Crippen molar-refractivity contribution in [3.05, 3.63) is 45.4 Å². The lowest BCUT2D eigenvalue weighted by Crippen LogP contribution is -2.25. The van der Waals surface area contributed by atoms with E-state index < -0.39 is 0 Å². The molecule has 0 atom stereocenters. The van der Waals surface area contributed by atoms with Crippen LogP contribution in [0.5, 0.6) is 0 Å². The Morgan fingerprint density at radius 3 is 2.00 bits per heavy atom. The number of aryl methyl sites for hydroxylation is 3. The molecule has 0 fully saturated rings. The second kappa shape index (κ2) is 3.48. The lowest BCUT2D eigenvalue weighted by Gasteiger charge is -2.14. The minimum atomic E-state index is 0.902. The third-order valence-electron chi connectivity index (χ3n) is 3.71. The summed E-state index contributed by atoms with van der Waals surface area (Å²) in [4.78, 5) is 0. The third-order valence-corrected chi connectivity index (χ3v) is 3.71. The number of pyridine rings is 1. The fourth-order valence-corrected chi connectivity index (χ4v) is 2.43. The van der Waals surface area contributed by atoms with Crippen LogP contribution in [0.2, 0.25) is 0 Å². The molecule has 2 nitrogen and oxygen atoms in total. The van der Waals surface area contributed by atoms with Crippen molar-refractivity contribution in [2.75, 3.05) is 0 Å². The first-order chi connectivity index (χ1) is 7.43. The fourth-order valence-electron chi connectivity index (χ4n) is 2.43. The summed E-state index contributed by atoms with van der Waals surface area (Å²) in [5.74, 6) is 0. The van der Waals surface area contributed by atoms with Crippen molar-refractivity contribution in [2.45, 2.75) is 34.6 Å². The summed E-state index contributed by atoms with van der Waals surface area (Å²) in [6.07, 6.45) is 3.32. The van der Waals surface area contributed by atoms with Crippen LogP contribution in [0.1, 0.15) is 27.8 Å². The van der Waals surface area contributed by atoms with Crippen LogP contribution in [-0.2, 0) is 0 Å². The molecule has 0 N–H and O–H groups in total. The quantitative estimate of drug-likeness (QED) is 0.490. The van der Waals surface area contributed by atoms with Gasteiger partial charge in [0.1, 0.15) is 0 Å². The number of hydrogen-bond donors (Lipinski definition) is 0. The molecule has 0 saturated carbocycles. The Morgan fingerprint density at radius 2 is 1.38 bits per heavy atom. The maximum absolute atomic E-state index is 11.5. The van der Waals surface area contributed by atoms with Crippen molar-refractivity contribution in [2.24, 2.45) is 0 Å². The van der Waals surface area contributed by atoms with Gasteiger partial charge >= 0.3 is 0 Å². The molecule has 1 heterocycles. The topological polar surface area (TPSA) is 26.9 Å².